The molecule has 0 atom stereocenters. The molecule has 0 aliphatic carbocycles. The van der Waals surface area contributed by atoms with E-state index in [1.54, 1.807) is 0 Å². The van der Waals surface area contributed by atoms with Gasteiger partial charge in [-0.1, -0.05) is 0 Å². The van der Waals surface area contributed by atoms with Crippen LogP contribution in [0.4, 0.5) is 5.69 Å². The van der Waals surface area contributed by atoms with Gasteiger partial charge in [-0.3, -0.25) is 10.1 Å². The fourth-order valence-electron chi connectivity index (χ4n) is 0.867. The third-order valence-electron chi connectivity index (χ3n) is 1.48. The first kappa shape index (κ1) is 11.7. The number of nitro groups is 1. The average Bonchev–Trinajstić information content (AvgIpc) is 2.16. The molecule has 0 radical (unpaired) electrons. The summed E-state index contributed by atoms with van der Waals surface area (Å²) >= 11 is 1.82. The van der Waals surface area contributed by atoms with Gasteiger partial charge in [0.05, 0.1) is 14.6 Å². The van der Waals surface area contributed by atoms with Crippen molar-refractivity contribution in [3.63, 3.8) is 0 Å². The summed E-state index contributed by atoms with van der Waals surface area (Å²) in [4.78, 5) is 20.2. The van der Waals surface area contributed by atoms with Crippen LogP contribution in [0.15, 0.2) is 18.2 Å². The minimum atomic E-state index is -1.13. The van der Waals surface area contributed by atoms with Gasteiger partial charge in [0.2, 0.25) is 0 Å². The number of benzene rings is 1. The molecule has 15 heavy (non-hydrogen) atoms. The number of rotatable bonds is 4. The standard InChI is InChI=1S/C8H6INO5/c9-6-2-1-5(15-4-8(11)12)3-7(6)10(13)14/h1-3H,4H2,(H,11,12). The Morgan fingerprint density at radius 3 is 2.80 bits per heavy atom. The topological polar surface area (TPSA) is 89.7 Å². The third-order valence-corrected chi connectivity index (χ3v) is 2.39. The van der Waals surface area contributed by atoms with Crippen molar-refractivity contribution in [3.8, 4) is 5.75 Å². The molecule has 0 saturated heterocycles. The van der Waals surface area contributed by atoms with Gasteiger partial charge in [-0.15, -0.1) is 0 Å². The molecular formula is C8H6INO5. The summed E-state index contributed by atoms with van der Waals surface area (Å²) in [5, 5.41) is 18.9. The molecule has 1 N–H and O–H groups in total. The summed E-state index contributed by atoms with van der Waals surface area (Å²) in [6, 6.07) is 4.18. The van der Waals surface area contributed by atoms with Crippen LogP contribution in [0.2, 0.25) is 0 Å². The molecule has 1 aromatic carbocycles. The highest BCUT2D eigenvalue weighted by Crippen LogP contribution is 2.25. The molecule has 0 amide bonds. The van der Waals surface area contributed by atoms with Crippen LogP contribution < -0.4 is 4.74 Å². The first-order valence-electron chi connectivity index (χ1n) is 3.79. The van der Waals surface area contributed by atoms with Gasteiger partial charge in [0.1, 0.15) is 5.75 Å². The zero-order valence-electron chi connectivity index (χ0n) is 7.34. The second-order valence-corrected chi connectivity index (χ2v) is 3.71. The summed E-state index contributed by atoms with van der Waals surface area (Å²) in [5.41, 5.74) is -0.0986. The highest BCUT2D eigenvalue weighted by atomic mass is 127. The summed E-state index contributed by atoms with van der Waals surface area (Å²) < 4.78 is 5.28. The Kier molecular flexibility index (Phi) is 3.83. The maximum absolute atomic E-state index is 10.5. The summed E-state index contributed by atoms with van der Waals surface area (Å²) in [6.07, 6.45) is 0. The number of hydrogen-bond donors (Lipinski definition) is 1. The Hall–Kier alpha value is -1.38. The van der Waals surface area contributed by atoms with E-state index in [4.69, 9.17) is 9.84 Å². The van der Waals surface area contributed by atoms with Gasteiger partial charge < -0.3 is 9.84 Å². The van der Waals surface area contributed by atoms with Crippen molar-refractivity contribution in [1.82, 2.24) is 0 Å². The Labute approximate surface area is 98.1 Å². The Morgan fingerprint density at radius 2 is 2.27 bits per heavy atom. The van der Waals surface area contributed by atoms with Crippen molar-refractivity contribution in [2.24, 2.45) is 0 Å². The minimum absolute atomic E-state index is 0.0986. The molecule has 1 rings (SSSR count). The largest absolute Gasteiger partial charge is 0.482 e. The highest BCUT2D eigenvalue weighted by Gasteiger charge is 2.13. The fraction of sp³-hybridized carbons (Fsp3) is 0.125. The molecule has 0 heterocycles. The van der Waals surface area contributed by atoms with Crippen LogP contribution in [-0.4, -0.2) is 22.6 Å². The van der Waals surface area contributed by atoms with Gasteiger partial charge in [0, 0.05) is 0 Å². The van der Waals surface area contributed by atoms with E-state index in [9.17, 15) is 14.9 Å². The van der Waals surface area contributed by atoms with Crippen LogP contribution in [0, 0.1) is 13.7 Å². The molecule has 0 bridgehead atoms. The van der Waals surface area contributed by atoms with E-state index in [-0.39, 0.29) is 11.4 Å². The zero-order chi connectivity index (χ0) is 11.4. The van der Waals surface area contributed by atoms with E-state index in [2.05, 4.69) is 0 Å². The van der Waals surface area contributed by atoms with Crippen molar-refractivity contribution in [2.75, 3.05) is 6.61 Å². The van der Waals surface area contributed by atoms with Crippen molar-refractivity contribution >= 4 is 34.2 Å². The fourth-order valence-corrected chi connectivity index (χ4v) is 1.40. The minimum Gasteiger partial charge on any atom is -0.482 e. The summed E-state index contributed by atoms with van der Waals surface area (Å²) in [6.45, 7) is -0.516. The number of aliphatic carboxylic acids is 1. The number of nitrogens with zero attached hydrogens (tertiary/aromatic N) is 1. The maximum Gasteiger partial charge on any atom is 0.341 e. The Morgan fingerprint density at radius 1 is 1.60 bits per heavy atom. The predicted molar refractivity (Wildman–Crippen MR) is 58.9 cm³/mol. The van der Waals surface area contributed by atoms with Gasteiger partial charge in [0.25, 0.3) is 5.69 Å². The zero-order valence-corrected chi connectivity index (χ0v) is 9.50. The molecule has 0 unspecified atom stereocenters. The molecule has 80 valence electrons. The molecule has 1 aromatic rings. The first-order valence-corrected chi connectivity index (χ1v) is 4.87. The number of halogens is 1. The predicted octanol–water partition coefficient (Wildman–Crippen LogP) is 1.66. The molecule has 0 aliphatic rings. The second-order valence-electron chi connectivity index (χ2n) is 2.55. The van der Waals surface area contributed by atoms with Crippen molar-refractivity contribution in [2.45, 2.75) is 0 Å². The highest BCUT2D eigenvalue weighted by molar-refractivity contribution is 14.1. The van der Waals surface area contributed by atoms with Crippen LogP contribution in [0.5, 0.6) is 5.75 Å². The molecule has 6 nitrogen and oxygen atoms in total. The quantitative estimate of drug-likeness (QED) is 0.517. The lowest BCUT2D eigenvalue weighted by Crippen LogP contribution is -2.09. The van der Waals surface area contributed by atoms with E-state index >= 15 is 0 Å². The molecule has 0 spiro atoms. The van der Waals surface area contributed by atoms with E-state index in [0.29, 0.717) is 3.57 Å². The van der Waals surface area contributed by atoms with Crippen LogP contribution >= 0.6 is 22.6 Å². The molecule has 7 heteroatoms. The number of ether oxygens (including phenoxy) is 1. The number of nitro benzene ring substituents is 1. The normalized spacial score (nSPS) is 9.67. The second kappa shape index (κ2) is 4.91. The van der Waals surface area contributed by atoms with E-state index in [1.807, 2.05) is 22.6 Å². The van der Waals surface area contributed by atoms with Crippen LogP contribution in [-0.2, 0) is 4.79 Å². The molecule has 0 aromatic heterocycles. The van der Waals surface area contributed by atoms with Crippen LogP contribution in [0.25, 0.3) is 0 Å². The number of carboxylic acids is 1. The van der Waals surface area contributed by atoms with Gasteiger partial charge in [-0.05, 0) is 34.7 Å². The Bertz CT molecular complexity index is 406. The Balaban J connectivity index is 2.87. The van der Waals surface area contributed by atoms with Gasteiger partial charge >= 0.3 is 5.97 Å². The monoisotopic (exact) mass is 323 g/mol. The smallest absolute Gasteiger partial charge is 0.341 e. The summed E-state index contributed by atoms with van der Waals surface area (Å²) in [5.74, 6) is -0.958. The number of carbonyl (C=O) groups is 1. The van der Waals surface area contributed by atoms with Crippen LogP contribution in [0.3, 0.4) is 0 Å². The van der Waals surface area contributed by atoms with Crippen molar-refractivity contribution in [3.05, 3.63) is 31.9 Å². The lowest BCUT2D eigenvalue weighted by atomic mass is 10.3. The maximum atomic E-state index is 10.5. The third kappa shape index (κ3) is 3.35. The molecule has 0 fully saturated rings. The van der Waals surface area contributed by atoms with E-state index in [1.165, 1.54) is 18.2 Å². The van der Waals surface area contributed by atoms with Gasteiger partial charge in [-0.2, -0.15) is 0 Å². The number of carboxylic acid groups (broad SMARTS) is 1. The SMILES string of the molecule is O=C(O)COc1ccc(I)c([N+](=O)[O-])c1. The lowest BCUT2D eigenvalue weighted by molar-refractivity contribution is -0.385. The van der Waals surface area contributed by atoms with Crippen molar-refractivity contribution in [1.29, 1.82) is 0 Å². The molecule has 0 saturated carbocycles. The number of hydrogen-bond acceptors (Lipinski definition) is 4. The van der Waals surface area contributed by atoms with Gasteiger partial charge in [0.15, 0.2) is 6.61 Å². The van der Waals surface area contributed by atoms with Gasteiger partial charge in [-0.25, -0.2) is 4.79 Å². The summed E-state index contributed by atoms with van der Waals surface area (Å²) in [7, 11) is 0. The van der Waals surface area contributed by atoms with Crippen molar-refractivity contribution < 1.29 is 19.6 Å². The lowest BCUT2D eigenvalue weighted by Gasteiger charge is -2.03. The van der Waals surface area contributed by atoms with Crippen LogP contribution in [0.1, 0.15) is 0 Å². The first-order chi connectivity index (χ1) is 7.00. The molecule has 0 aliphatic heterocycles. The van der Waals surface area contributed by atoms with E-state index < -0.39 is 17.5 Å². The van der Waals surface area contributed by atoms with E-state index in [0.717, 1.165) is 0 Å². The molecular weight excluding hydrogens is 317 g/mol. The average molecular weight is 323 g/mol.